The van der Waals surface area contributed by atoms with E-state index in [0.29, 0.717) is 30.8 Å². The van der Waals surface area contributed by atoms with Crippen molar-refractivity contribution in [3.63, 3.8) is 0 Å². The molecule has 16 heavy (non-hydrogen) atoms. The predicted octanol–water partition coefficient (Wildman–Crippen LogP) is 3.19. The minimum Gasteiger partial charge on any atom is -0.380 e. The summed E-state index contributed by atoms with van der Waals surface area (Å²) in [6, 6.07) is 5.13. The van der Waals surface area contributed by atoms with Crippen LogP contribution in [0.5, 0.6) is 0 Å². The van der Waals surface area contributed by atoms with Gasteiger partial charge in [-0.05, 0) is 18.6 Å². The van der Waals surface area contributed by atoms with Crippen molar-refractivity contribution < 1.29 is 9.13 Å². The van der Waals surface area contributed by atoms with Crippen LogP contribution in [0.4, 0.5) is 10.1 Å². The SMILES string of the molecule is CCOCCN(C)c1c(F)cccc1CBr. The van der Waals surface area contributed by atoms with E-state index >= 15 is 0 Å². The van der Waals surface area contributed by atoms with Crippen molar-refractivity contribution in [3.8, 4) is 0 Å². The Balaban J connectivity index is 2.76. The molecule has 1 aromatic rings. The summed E-state index contributed by atoms with van der Waals surface area (Å²) in [5, 5.41) is 0.652. The molecule has 0 atom stereocenters. The smallest absolute Gasteiger partial charge is 0.146 e. The first-order valence-electron chi connectivity index (χ1n) is 5.33. The van der Waals surface area contributed by atoms with Crippen LogP contribution in [0, 0.1) is 5.82 Å². The summed E-state index contributed by atoms with van der Waals surface area (Å²) in [7, 11) is 1.88. The van der Waals surface area contributed by atoms with Crippen LogP contribution in [0.3, 0.4) is 0 Å². The fourth-order valence-electron chi connectivity index (χ4n) is 1.55. The van der Waals surface area contributed by atoms with Gasteiger partial charge in [0.15, 0.2) is 0 Å². The molecule has 90 valence electrons. The predicted molar refractivity (Wildman–Crippen MR) is 68.8 cm³/mol. The van der Waals surface area contributed by atoms with Crippen LogP contribution in [-0.2, 0) is 10.1 Å². The van der Waals surface area contributed by atoms with Gasteiger partial charge in [0, 0.05) is 25.5 Å². The van der Waals surface area contributed by atoms with Gasteiger partial charge in [-0.15, -0.1) is 0 Å². The van der Waals surface area contributed by atoms with E-state index in [2.05, 4.69) is 15.9 Å². The monoisotopic (exact) mass is 289 g/mol. The van der Waals surface area contributed by atoms with Crippen LogP contribution in [0.2, 0.25) is 0 Å². The Morgan fingerprint density at radius 1 is 1.44 bits per heavy atom. The van der Waals surface area contributed by atoms with Gasteiger partial charge in [-0.25, -0.2) is 4.39 Å². The van der Waals surface area contributed by atoms with Gasteiger partial charge in [0.05, 0.1) is 12.3 Å². The molecule has 0 unspecified atom stereocenters. The summed E-state index contributed by atoms with van der Waals surface area (Å²) in [4.78, 5) is 1.89. The highest BCUT2D eigenvalue weighted by Crippen LogP contribution is 2.25. The molecule has 1 aromatic carbocycles. The highest BCUT2D eigenvalue weighted by atomic mass is 79.9. The number of anilines is 1. The average molecular weight is 290 g/mol. The zero-order valence-corrected chi connectivity index (χ0v) is 11.3. The first-order chi connectivity index (χ1) is 7.70. The Kier molecular flexibility index (Phi) is 5.77. The lowest BCUT2D eigenvalue weighted by Gasteiger charge is -2.22. The summed E-state index contributed by atoms with van der Waals surface area (Å²) in [5.74, 6) is -0.184. The first kappa shape index (κ1) is 13.5. The molecule has 0 fully saturated rings. The molecule has 0 amide bonds. The van der Waals surface area contributed by atoms with Crippen molar-refractivity contribution >= 4 is 21.6 Å². The maximum atomic E-state index is 13.7. The maximum absolute atomic E-state index is 13.7. The first-order valence-corrected chi connectivity index (χ1v) is 6.45. The number of rotatable bonds is 6. The molecule has 2 nitrogen and oxygen atoms in total. The molecule has 0 saturated carbocycles. The number of ether oxygens (including phenoxy) is 1. The third-order valence-corrected chi connectivity index (χ3v) is 2.98. The Bertz CT molecular complexity index is 333. The van der Waals surface area contributed by atoms with Crippen LogP contribution >= 0.6 is 15.9 Å². The topological polar surface area (TPSA) is 12.5 Å². The zero-order chi connectivity index (χ0) is 12.0. The van der Waals surface area contributed by atoms with Crippen molar-refractivity contribution in [3.05, 3.63) is 29.6 Å². The number of hydrogen-bond donors (Lipinski definition) is 0. The Labute approximate surface area is 105 Å². The number of hydrogen-bond acceptors (Lipinski definition) is 2. The van der Waals surface area contributed by atoms with Crippen molar-refractivity contribution in [2.75, 3.05) is 31.7 Å². The number of alkyl halides is 1. The summed E-state index contributed by atoms with van der Waals surface area (Å²) < 4.78 is 19.0. The summed E-state index contributed by atoms with van der Waals surface area (Å²) >= 11 is 3.37. The number of para-hydroxylation sites is 1. The van der Waals surface area contributed by atoms with E-state index in [9.17, 15) is 4.39 Å². The van der Waals surface area contributed by atoms with Gasteiger partial charge in [-0.3, -0.25) is 0 Å². The molecular formula is C12H17BrFNO. The maximum Gasteiger partial charge on any atom is 0.146 e. The van der Waals surface area contributed by atoms with Gasteiger partial charge < -0.3 is 9.64 Å². The minimum absolute atomic E-state index is 0.184. The van der Waals surface area contributed by atoms with E-state index in [-0.39, 0.29) is 5.82 Å². The van der Waals surface area contributed by atoms with Crippen LogP contribution in [0.1, 0.15) is 12.5 Å². The Hall–Kier alpha value is -0.610. The van der Waals surface area contributed by atoms with Gasteiger partial charge in [0.2, 0.25) is 0 Å². The lowest BCUT2D eigenvalue weighted by atomic mass is 10.2. The van der Waals surface area contributed by atoms with E-state index in [1.165, 1.54) is 6.07 Å². The number of halogens is 2. The third kappa shape index (κ3) is 3.46. The normalized spacial score (nSPS) is 10.5. The summed E-state index contributed by atoms with van der Waals surface area (Å²) in [6.45, 7) is 3.95. The molecule has 0 N–H and O–H groups in total. The van der Waals surface area contributed by atoms with Gasteiger partial charge in [-0.1, -0.05) is 28.1 Å². The molecule has 0 spiro atoms. The molecule has 0 heterocycles. The van der Waals surface area contributed by atoms with Gasteiger partial charge in [-0.2, -0.15) is 0 Å². The van der Waals surface area contributed by atoms with E-state index in [1.807, 2.05) is 24.9 Å². The molecule has 0 bridgehead atoms. The average Bonchev–Trinajstić information content (AvgIpc) is 2.28. The lowest BCUT2D eigenvalue weighted by Crippen LogP contribution is -2.24. The van der Waals surface area contributed by atoms with Crippen molar-refractivity contribution in [2.24, 2.45) is 0 Å². The Morgan fingerprint density at radius 2 is 2.19 bits per heavy atom. The second-order valence-corrected chi connectivity index (χ2v) is 4.06. The Morgan fingerprint density at radius 3 is 2.81 bits per heavy atom. The summed E-state index contributed by atoms with van der Waals surface area (Å²) in [6.07, 6.45) is 0. The van der Waals surface area contributed by atoms with Crippen LogP contribution in [0.25, 0.3) is 0 Å². The van der Waals surface area contributed by atoms with Crippen LogP contribution in [0.15, 0.2) is 18.2 Å². The molecule has 0 radical (unpaired) electrons. The standard InChI is InChI=1S/C12H17BrFNO/c1-3-16-8-7-15(2)12-10(9-13)5-4-6-11(12)14/h4-6H,3,7-9H2,1-2H3. The molecule has 0 saturated heterocycles. The minimum atomic E-state index is -0.184. The molecular weight excluding hydrogens is 273 g/mol. The van der Waals surface area contributed by atoms with E-state index < -0.39 is 0 Å². The van der Waals surface area contributed by atoms with Crippen LogP contribution in [-0.4, -0.2) is 26.8 Å². The quantitative estimate of drug-likeness (QED) is 0.589. The largest absolute Gasteiger partial charge is 0.380 e. The highest BCUT2D eigenvalue weighted by Gasteiger charge is 2.11. The number of likely N-dealkylation sites (N-methyl/N-ethyl adjacent to an activating group) is 1. The van der Waals surface area contributed by atoms with Crippen molar-refractivity contribution in [1.82, 2.24) is 0 Å². The van der Waals surface area contributed by atoms with Crippen LogP contribution < -0.4 is 4.90 Å². The second kappa shape index (κ2) is 6.86. The number of benzene rings is 1. The molecule has 4 heteroatoms. The van der Waals surface area contributed by atoms with E-state index in [0.717, 1.165) is 5.56 Å². The van der Waals surface area contributed by atoms with Crippen molar-refractivity contribution in [2.45, 2.75) is 12.3 Å². The molecule has 0 aliphatic rings. The molecule has 0 aliphatic carbocycles. The third-order valence-electron chi connectivity index (χ3n) is 2.37. The lowest BCUT2D eigenvalue weighted by molar-refractivity contribution is 0.154. The second-order valence-electron chi connectivity index (χ2n) is 3.50. The van der Waals surface area contributed by atoms with E-state index in [1.54, 1.807) is 6.07 Å². The van der Waals surface area contributed by atoms with E-state index in [4.69, 9.17) is 4.74 Å². The zero-order valence-electron chi connectivity index (χ0n) is 9.67. The van der Waals surface area contributed by atoms with Gasteiger partial charge in [0.1, 0.15) is 5.82 Å². The van der Waals surface area contributed by atoms with Gasteiger partial charge in [0.25, 0.3) is 0 Å². The highest BCUT2D eigenvalue weighted by molar-refractivity contribution is 9.08. The molecule has 1 rings (SSSR count). The van der Waals surface area contributed by atoms with Gasteiger partial charge >= 0.3 is 0 Å². The molecule has 0 aliphatic heterocycles. The number of nitrogens with zero attached hydrogens (tertiary/aromatic N) is 1. The molecule has 0 aromatic heterocycles. The fraction of sp³-hybridized carbons (Fsp3) is 0.500. The fourth-order valence-corrected chi connectivity index (χ4v) is 2.01. The summed E-state index contributed by atoms with van der Waals surface area (Å²) in [5.41, 5.74) is 1.61. The van der Waals surface area contributed by atoms with Crippen molar-refractivity contribution in [1.29, 1.82) is 0 Å².